The van der Waals surface area contributed by atoms with Crippen LogP contribution >= 0.6 is 23.2 Å². The summed E-state index contributed by atoms with van der Waals surface area (Å²) in [7, 11) is -6.88. The Morgan fingerprint density at radius 3 is 1.63 bits per heavy atom. The zero-order valence-electron chi connectivity index (χ0n) is 35.9. The van der Waals surface area contributed by atoms with Gasteiger partial charge in [0.2, 0.25) is 20.0 Å². The normalized spacial score (nSPS) is 20.0. The molecule has 0 radical (unpaired) electrons. The summed E-state index contributed by atoms with van der Waals surface area (Å²) in [6.45, 7) is 9.89. The van der Waals surface area contributed by atoms with Gasteiger partial charge in [0.1, 0.15) is 5.75 Å². The number of nitrogens with zero attached hydrogens (tertiary/aromatic N) is 8. The van der Waals surface area contributed by atoms with Crippen molar-refractivity contribution in [3.8, 4) is 5.75 Å². The molecule has 1 amide bonds. The van der Waals surface area contributed by atoms with E-state index in [-0.39, 0.29) is 36.3 Å². The smallest absolute Gasteiger partial charge is 0.409 e. The van der Waals surface area contributed by atoms with E-state index < -0.39 is 31.1 Å². The van der Waals surface area contributed by atoms with Crippen LogP contribution in [0.25, 0.3) is 0 Å². The van der Waals surface area contributed by atoms with Crippen molar-refractivity contribution < 1.29 is 36.1 Å². The molecule has 0 aliphatic carbocycles. The molecular weight excluding hydrogens is 950 g/mol. The highest BCUT2D eigenvalue weighted by molar-refractivity contribution is 7.92. The Balaban J connectivity index is 0.000000171. The summed E-state index contributed by atoms with van der Waals surface area (Å²) in [4.78, 5) is 41.1. The third kappa shape index (κ3) is 14.2. The second-order valence-electron chi connectivity index (χ2n) is 16.7. The van der Waals surface area contributed by atoms with Crippen molar-refractivity contribution in [2.75, 3.05) is 74.3 Å². The first-order chi connectivity index (χ1) is 31.4. The number of rotatable bonds is 10. The SMILES string of the molecule is C.CS(=O)(=O)Nc1cnn(C(=O)N2CC3CN(Cc4ccccc4Cl)CC3C2)c1.CS(=O)(=O)Nc1cnn(C(=O)Oc2ccc([N+](=O)[O-])cc2)c1.Clc1ccccc1CN1CC2CNCC2C1. The lowest BCUT2D eigenvalue weighted by molar-refractivity contribution is -0.384. The maximum atomic E-state index is 12.7. The van der Waals surface area contributed by atoms with Crippen molar-refractivity contribution in [2.45, 2.75) is 20.5 Å². The molecule has 9 rings (SSSR count). The first kappa shape index (κ1) is 50.8. The van der Waals surface area contributed by atoms with E-state index in [0.717, 1.165) is 83.2 Å². The van der Waals surface area contributed by atoms with Crippen LogP contribution < -0.4 is 19.5 Å². The number of fused-ring (bicyclic) bond motifs is 2. The van der Waals surface area contributed by atoms with Crippen LogP contribution in [0.3, 0.4) is 0 Å². The molecular formula is C43H53Cl2N11O9S2. The van der Waals surface area contributed by atoms with E-state index in [1.807, 2.05) is 36.4 Å². The highest BCUT2D eigenvalue weighted by atomic mass is 35.5. The first-order valence-corrected chi connectivity index (χ1v) is 25.3. The number of sulfonamides is 2. The number of carbonyl (C=O) groups excluding carboxylic acids is 2. The van der Waals surface area contributed by atoms with E-state index in [4.69, 9.17) is 27.9 Å². The highest BCUT2D eigenvalue weighted by Gasteiger charge is 2.42. The number of non-ortho nitro benzene ring substituents is 1. The molecule has 6 heterocycles. The van der Waals surface area contributed by atoms with Gasteiger partial charge in [0.05, 0.1) is 53.6 Å². The molecule has 4 unspecified atom stereocenters. The molecule has 20 nitrogen and oxygen atoms in total. The van der Waals surface area contributed by atoms with E-state index in [1.165, 1.54) is 73.1 Å². The van der Waals surface area contributed by atoms with Gasteiger partial charge in [0.15, 0.2) is 0 Å². The molecule has 4 aliphatic heterocycles. The largest absolute Gasteiger partial charge is 0.440 e. The van der Waals surface area contributed by atoms with E-state index >= 15 is 0 Å². The van der Waals surface area contributed by atoms with Gasteiger partial charge in [-0.2, -0.15) is 19.6 Å². The minimum absolute atomic E-state index is 0. The highest BCUT2D eigenvalue weighted by Crippen LogP contribution is 2.33. The zero-order valence-corrected chi connectivity index (χ0v) is 39.1. The number of likely N-dealkylation sites (tertiary alicyclic amines) is 3. The van der Waals surface area contributed by atoms with Gasteiger partial charge < -0.3 is 15.0 Å². The van der Waals surface area contributed by atoms with Gasteiger partial charge in [-0.15, -0.1) is 0 Å². The molecule has 5 aromatic rings. The monoisotopic (exact) mass is 1000 g/mol. The molecule has 4 fully saturated rings. The number of nitro benzene ring substituents is 1. The summed E-state index contributed by atoms with van der Waals surface area (Å²) < 4.78 is 56.1. The summed E-state index contributed by atoms with van der Waals surface area (Å²) >= 11 is 12.5. The lowest BCUT2D eigenvalue weighted by atomic mass is 10.0. The number of halogens is 2. The van der Waals surface area contributed by atoms with Gasteiger partial charge in [0.25, 0.3) is 5.69 Å². The summed E-state index contributed by atoms with van der Waals surface area (Å²) in [6, 6.07) is 20.7. The topological polar surface area (TPSA) is 236 Å². The van der Waals surface area contributed by atoms with Gasteiger partial charge in [-0.3, -0.25) is 29.4 Å². The molecule has 2 aromatic heterocycles. The number of nitro groups is 1. The van der Waals surface area contributed by atoms with Crippen LogP contribution in [-0.4, -0.2) is 133 Å². The van der Waals surface area contributed by atoms with Crippen LogP contribution in [0.1, 0.15) is 18.6 Å². The van der Waals surface area contributed by atoms with Crippen molar-refractivity contribution in [3.05, 3.63) is 129 Å². The fourth-order valence-electron chi connectivity index (χ4n) is 8.50. The van der Waals surface area contributed by atoms with E-state index in [2.05, 4.69) is 46.9 Å². The number of amides is 1. The average molecular weight is 1000 g/mol. The van der Waals surface area contributed by atoms with Crippen molar-refractivity contribution in [1.29, 1.82) is 0 Å². The molecule has 0 saturated carbocycles. The molecule has 24 heteroatoms. The quantitative estimate of drug-likeness (QED) is 0.111. The second-order valence-corrected chi connectivity index (χ2v) is 21.0. The first-order valence-electron chi connectivity index (χ1n) is 20.8. The Kier molecular flexibility index (Phi) is 16.7. The van der Waals surface area contributed by atoms with E-state index in [9.17, 15) is 36.5 Å². The minimum atomic E-state index is -3.48. The number of hydrogen-bond acceptors (Lipinski definition) is 14. The Bertz CT molecular complexity index is 2730. The molecule has 360 valence electrons. The molecule has 4 atom stereocenters. The standard InChI is InChI=1S/C18H22ClN5O3S.C13H17ClN2.C11H10N4O6S.CH4/c1-28(26,27)21-16-6-20-24(12-16)18(25)23-10-14-8-22(9-15(14)11-23)7-13-4-2-3-5-17(13)19;14-13-4-2-1-3-10(13)7-16-8-11-5-15-6-12(11)9-16;1-22(19,20)13-8-6-12-14(7-8)11(16)21-10-4-2-9(3-5-10)15(17)18;/h2-6,12,14-15,21H,7-11H2,1H3;1-4,11-12,15H,5-9H2;2-7,13H,1H3;1H4. The number of hydrogen-bond donors (Lipinski definition) is 3. The van der Waals surface area contributed by atoms with Crippen LogP contribution in [0.5, 0.6) is 5.75 Å². The number of aromatic nitrogens is 4. The van der Waals surface area contributed by atoms with Crippen LogP contribution in [0, 0.1) is 33.8 Å². The van der Waals surface area contributed by atoms with Crippen molar-refractivity contribution in [3.63, 3.8) is 0 Å². The van der Waals surface area contributed by atoms with Crippen molar-refractivity contribution >= 4 is 72.4 Å². The third-order valence-corrected chi connectivity index (χ3v) is 13.4. The fraction of sp³-hybridized carbons (Fsp3) is 0.395. The fourth-order valence-corrected chi connectivity index (χ4v) is 9.96. The molecule has 4 saturated heterocycles. The Labute approximate surface area is 399 Å². The lowest BCUT2D eigenvalue weighted by Crippen LogP contribution is -2.36. The van der Waals surface area contributed by atoms with Crippen LogP contribution in [-0.2, 0) is 33.1 Å². The maximum Gasteiger partial charge on any atom is 0.440 e. The summed E-state index contributed by atoms with van der Waals surface area (Å²) in [5, 5.41) is 23.3. The number of anilines is 2. The van der Waals surface area contributed by atoms with Gasteiger partial charge in [-0.1, -0.05) is 67.0 Å². The average Bonchev–Trinajstić information content (AvgIpc) is 4.11. The lowest BCUT2D eigenvalue weighted by Gasteiger charge is -2.21. The summed E-state index contributed by atoms with van der Waals surface area (Å²) in [6.07, 6.45) is 6.13. The minimum Gasteiger partial charge on any atom is -0.409 e. The van der Waals surface area contributed by atoms with Gasteiger partial charge >= 0.3 is 12.1 Å². The zero-order chi connectivity index (χ0) is 47.2. The molecule has 4 aliphatic rings. The van der Waals surface area contributed by atoms with Crippen molar-refractivity contribution in [2.24, 2.45) is 23.7 Å². The van der Waals surface area contributed by atoms with Gasteiger partial charge in [-0.05, 0) is 72.2 Å². The van der Waals surface area contributed by atoms with Crippen LogP contribution in [0.4, 0.5) is 26.7 Å². The summed E-state index contributed by atoms with van der Waals surface area (Å²) in [5.74, 6) is 2.67. The Morgan fingerprint density at radius 2 is 1.16 bits per heavy atom. The predicted molar refractivity (Wildman–Crippen MR) is 255 cm³/mol. The maximum absolute atomic E-state index is 12.7. The molecule has 3 N–H and O–H groups in total. The Morgan fingerprint density at radius 1 is 0.716 bits per heavy atom. The molecule has 3 aromatic carbocycles. The van der Waals surface area contributed by atoms with Crippen molar-refractivity contribution in [1.82, 2.24) is 39.6 Å². The molecule has 0 bridgehead atoms. The number of ether oxygens (including phenoxy) is 1. The number of nitrogens with one attached hydrogen (secondary N) is 3. The number of benzene rings is 3. The molecule has 0 spiro atoms. The van der Waals surface area contributed by atoms with Gasteiger partial charge in [-0.25, -0.2) is 26.4 Å². The predicted octanol–water partition coefficient (Wildman–Crippen LogP) is 5.78. The van der Waals surface area contributed by atoms with E-state index in [0.29, 0.717) is 24.9 Å². The van der Waals surface area contributed by atoms with Gasteiger partial charge in [0, 0.05) is 74.5 Å². The van der Waals surface area contributed by atoms with E-state index in [1.54, 1.807) is 4.90 Å². The summed E-state index contributed by atoms with van der Waals surface area (Å²) in [5.41, 5.74) is 2.62. The van der Waals surface area contributed by atoms with Crippen LogP contribution in [0.2, 0.25) is 10.0 Å². The molecule has 67 heavy (non-hydrogen) atoms. The van der Waals surface area contributed by atoms with Crippen LogP contribution in [0.15, 0.2) is 97.6 Å². The number of carbonyl (C=O) groups is 2. The second kappa shape index (κ2) is 22.0. The third-order valence-electron chi connectivity index (χ3n) is 11.4. The Hall–Kier alpha value is -5.62.